The molecule has 2 rings (SSSR count). The van der Waals surface area contributed by atoms with Crippen molar-refractivity contribution in [2.75, 3.05) is 30.9 Å². The maximum Gasteiger partial charge on any atom is 0.137 e. The van der Waals surface area contributed by atoms with Crippen molar-refractivity contribution in [2.24, 2.45) is 5.92 Å². The Kier molecular flexibility index (Phi) is 3.82. The van der Waals surface area contributed by atoms with E-state index in [9.17, 15) is 0 Å². The number of nitrogens with one attached hydrogen (secondary N) is 1. The largest absolute Gasteiger partial charge is 0.373 e. The van der Waals surface area contributed by atoms with Gasteiger partial charge in [0.05, 0.1) is 0 Å². The van der Waals surface area contributed by atoms with Gasteiger partial charge in [0.15, 0.2) is 0 Å². The van der Waals surface area contributed by atoms with E-state index in [0.29, 0.717) is 0 Å². The van der Waals surface area contributed by atoms with E-state index < -0.39 is 0 Å². The predicted molar refractivity (Wildman–Crippen MR) is 71.6 cm³/mol. The Labute approximate surface area is 103 Å². The summed E-state index contributed by atoms with van der Waals surface area (Å²) in [7, 11) is 4.05. The van der Waals surface area contributed by atoms with Crippen molar-refractivity contribution >= 4 is 11.6 Å². The first-order valence-electron chi connectivity index (χ1n) is 6.49. The Morgan fingerprint density at radius 3 is 2.71 bits per heavy atom. The molecule has 0 atom stereocenters. The van der Waals surface area contributed by atoms with Crippen LogP contribution < -0.4 is 10.2 Å². The normalized spacial score (nSPS) is 15.5. The molecule has 0 amide bonds. The first-order valence-corrected chi connectivity index (χ1v) is 6.49. The average molecular weight is 234 g/mol. The van der Waals surface area contributed by atoms with Gasteiger partial charge in [-0.2, -0.15) is 0 Å². The van der Waals surface area contributed by atoms with Crippen molar-refractivity contribution in [2.45, 2.75) is 32.6 Å². The van der Waals surface area contributed by atoms with Crippen molar-refractivity contribution in [1.82, 2.24) is 9.97 Å². The lowest BCUT2D eigenvalue weighted by molar-refractivity contribution is 0.321. The van der Waals surface area contributed by atoms with E-state index in [1.54, 1.807) is 6.33 Å². The molecule has 1 aromatic heterocycles. The Bertz CT molecular complexity index is 374. The molecule has 4 nitrogen and oxygen atoms in total. The topological polar surface area (TPSA) is 41.1 Å². The summed E-state index contributed by atoms with van der Waals surface area (Å²) in [4.78, 5) is 11.0. The second-order valence-corrected chi connectivity index (χ2v) is 4.81. The van der Waals surface area contributed by atoms with Crippen LogP contribution in [-0.2, 0) is 6.42 Å². The summed E-state index contributed by atoms with van der Waals surface area (Å²) in [5.41, 5.74) is 1.22. The molecule has 4 heteroatoms. The van der Waals surface area contributed by atoms with E-state index in [-0.39, 0.29) is 0 Å². The van der Waals surface area contributed by atoms with Crippen molar-refractivity contribution in [3.8, 4) is 0 Å². The minimum absolute atomic E-state index is 0.859. The third kappa shape index (κ3) is 2.51. The molecule has 0 spiro atoms. The molecular weight excluding hydrogens is 212 g/mol. The molecule has 0 aromatic carbocycles. The van der Waals surface area contributed by atoms with Gasteiger partial charge in [-0.25, -0.2) is 9.97 Å². The molecule has 1 heterocycles. The number of aromatic nitrogens is 2. The van der Waals surface area contributed by atoms with E-state index in [1.165, 1.54) is 24.8 Å². The van der Waals surface area contributed by atoms with Gasteiger partial charge >= 0.3 is 0 Å². The molecule has 1 fully saturated rings. The van der Waals surface area contributed by atoms with E-state index in [4.69, 9.17) is 0 Å². The molecule has 0 unspecified atom stereocenters. The van der Waals surface area contributed by atoms with Gasteiger partial charge in [0, 0.05) is 26.2 Å². The highest BCUT2D eigenvalue weighted by Crippen LogP contribution is 2.29. The van der Waals surface area contributed by atoms with E-state index in [2.05, 4.69) is 34.2 Å². The standard InChI is InChI=1S/C13H22N4/c1-4-11-12(14-2)15-9-16-13(11)17(3)8-10-6-5-7-10/h9-10H,4-8H2,1-3H3,(H,14,15,16). The van der Waals surface area contributed by atoms with Crippen molar-refractivity contribution < 1.29 is 0 Å². The van der Waals surface area contributed by atoms with Crippen LogP contribution in [0.3, 0.4) is 0 Å². The predicted octanol–water partition coefficient (Wildman–Crippen LogP) is 2.32. The monoisotopic (exact) mass is 234 g/mol. The fourth-order valence-corrected chi connectivity index (χ4v) is 2.42. The van der Waals surface area contributed by atoms with Crippen LogP contribution >= 0.6 is 0 Å². The van der Waals surface area contributed by atoms with Crippen molar-refractivity contribution in [1.29, 1.82) is 0 Å². The number of rotatable bonds is 5. The van der Waals surface area contributed by atoms with Gasteiger partial charge < -0.3 is 10.2 Å². The average Bonchev–Trinajstić information content (AvgIpc) is 2.32. The number of hydrogen-bond donors (Lipinski definition) is 1. The van der Waals surface area contributed by atoms with Gasteiger partial charge in [-0.1, -0.05) is 13.3 Å². The Morgan fingerprint density at radius 2 is 2.18 bits per heavy atom. The fraction of sp³-hybridized carbons (Fsp3) is 0.692. The second-order valence-electron chi connectivity index (χ2n) is 4.81. The lowest BCUT2D eigenvalue weighted by atomic mass is 9.85. The Balaban J connectivity index is 2.17. The number of nitrogens with zero attached hydrogens (tertiary/aromatic N) is 3. The highest BCUT2D eigenvalue weighted by atomic mass is 15.2. The van der Waals surface area contributed by atoms with Crippen LogP contribution in [0.5, 0.6) is 0 Å². The molecule has 1 aromatic rings. The zero-order valence-corrected chi connectivity index (χ0v) is 11.0. The fourth-order valence-electron chi connectivity index (χ4n) is 2.42. The Hall–Kier alpha value is -1.32. The van der Waals surface area contributed by atoms with Crippen LogP contribution in [0.1, 0.15) is 31.7 Å². The molecule has 1 aliphatic carbocycles. The minimum Gasteiger partial charge on any atom is -0.373 e. The molecule has 17 heavy (non-hydrogen) atoms. The van der Waals surface area contributed by atoms with E-state index in [1.807, 2.05) is 7.05 Å². The summed E-state index contributed by atoms with van der Waals surface area (Å²) in [6, 6.07) is 0. The van der Waals surface area contributed by atoms with Gasteiger partial charge in [-0.05, 0) is 25.2 Å². The van der Waals surface area contributed by atoms with Crippen LogP contribution in [0.15, 0.2) is 6.33 Å². The smallest absolute Gasteiger partial charge is 0.137 e. The molecule has 0 aliphatic heterocycles. The highest BCUT2D eigenvalue weighted by molar-refractivity contribution is 5.58. The molecule has 1 aliphatic rings. The molecule has 0 bridgehead atoms. The first-order chi connectivity index (χ1) is 8.26. The van der Waals surface area contributed by atoms with Gasteiger partial charge in [0.1, 0.15) is 18.0 Å². The summed E-state index contributed by atoms with van der Waals surface area (Å²) in [5.74, 6) is 2.90. The zero-order valence-electron chi connectivity index (χ0n) is 11.0. The second kappa shape index (κ2) is 5.34. The summed E-state index contributed by atoms with van der Waals surface area (Å²) in [6.07, 6.45) is 6.75. The molecule has 0 saturated heterocycles. The maximum absolute atomic E-state index is 4.44. The first kappa shape index (κ1) is 12.1. The maximum atomic E-state index is 4.44. The van der Waals surface area contributed by atoms with Gasteiger partial charge in [0.2, 0.25) is 0 Å². The van der Waals surface area contributed by atoms with E-state index >= 15 is 0 Å². The van der Waals surface area contributed by atoms with E-state index in [0.717, 1.165) is 30.5 Å². The van der Waals surface area contributed by atoms with Crippen LogP contribution in [0.25, 0.3) is 0 Å². The molecule has 0 radical (unpaired) electrons. The van der Waals surface area contributed by atoms with Gasteiger partial charge in [-0.3, -0.25) is 0 Å². The summed E-state index contributed by atoms with van der Waals surface area (Å²) in [5, 5.41) is 3.15. The SMILES string of the molecule is CCc1c(NC)ncnc1N(C)CC1CCC1. The lowest BCUT2D eigenvalue weighted by Crippen LogP contribution is -2.30. The number of anilines is 2. The summed E-state index contributed by atoms with van der Waals surface area (Å²) >= 11 is 0. The number of hydrogen-bond acceptors (Lipinski definition) is 4. The summed E-state index contributed by atoms with van der Waals surface area (Å²) < 4.78 is 0. The molecule has 1 saturated carbocycles. The van der Waals surface area contributed by atoms with Crippen LogP contribution in [0.2, 0.25) is 0 Å². The molecular formula is C13H22N4. The van der Waals surface area contributed by atoms with Crippen LogP contribution in [0.4, 0.5) is 11.6 Å². The van der Waals surface area contributed by atoms with Gasteiger partial charge in [-0.15, -0.1) is 0 Å². The lowest BCUT2D eigenvalue weighted by Gasteiger charge is -2.31. The van der Waals surface area contributed by atoms with Crippen molar-refractivity contribution in [3.63, 3.8) is 0 Å². The van der Waals surface area contributed by atoms with Crippen molar-refractivity contribution in [3.05, 3.63) is 11.9 Å². The zero-order chi connectivity index (χ0) is 12.3. The van der Waals surface area contributed by atoms with Crippen LogP contribution in [0, 0.1) is 5.92 Å². The minimum atomic E-state index is 0.859. The Morgan fingerprint density at radius 1 is 1.41 bits per heavy atom. The summed E-state index contributed by atoms with van der Waals surface area (Å²) in [6.45, 7) is 3.27. The third-order valence-electron chi connectivity index (χ3n) is 3.63. The van der Waals surface area contributed by atoms with Crippen LogP contribution in [-0.4, -0.2) is 30.6 Å². The molecule has 94 valence electrons. The highest BCUT2D eigenvalue weighted by Gasteiger charge is 2.21. The van der Waals surface area contributed by atoms with Gasteiger partial charge in [0.25, 0.3) is 0 Å². The molecule has 1 N–H and O–H groups in total. The third-order valence-corrected chi connectivity index (χ3v) is 3.63. The quantitative estimate of drug-likeness (QED) is 0.849.